The molecule has 1 fully saturated rings. The summed E-state index contributed by atoms with van der Waals surface area (Å²) in [5, 5.41) is 13.0. The number of nitrogens with one attached hydrogen (secondary N) is 1. The molecule has 0 bridgehead atoms. The number of guanidine groups is 1. The predicted molar refractivity (Wildman–Crippen MR) is 130 cm³/mol. The maximum atomic E-state index is 6.07. The number of halogens is 1. The van der Waals surface area contributed by atoms with Crippen LogP contribution in [0.2, 0.25) is 0 Å². The fourth-order valence-corrected chi connectivity index (χ4v) is 4.26. The zero-order valence-electron chi connectivity index (χ0n) is 17.1. The summed E-state index contributed by atoms with van der Waals surface area (Å²) >= 11 is 1.68. The van der Waals surface area contributed by atoms with Crippen molar-refractivity contribution in [2.45, 2.75) is 56.3 Å². The summed E-state index contributed by atoms with van der Waals surface area (Å²) in [6.07, 6.45) is 8.88. The lowest BCUT2D eigenvalue weighted by Crippen LogP contribution is -2.23. The number of hydrogen-bond acceptors (Lipinski definition) is 5. The van der Waals surface area contributed by atoms with Gasteiger partial charge in [-0.05, 0) is 31.6 Å². The number of aliphatic imine (C=N–C) groups is 1. The molecule has 0 radical (unpaired) electrons. The quantitative estimate of drug-likeness (QED) is 0.166. The molecule has 3 rings (SSSR count). The number of anilines is 1. The van der Waals surface area contributed by atoms with Crippen LogP contribution < -0.4 is 11.1 Å². The Hall–Kier alpha value is -1.33. The molecule has 29 heavy (non-hydrogen) atoms. The summed E-state index contributed by atoms with van der Waals surface area (Å²) in [7, 11) is 1.68. The standard InChI is InChI=1S/C20H30N6OS.HI/c1-27-14-15-8-3-6-11-17(15)23-19(21)22-13-7-12-18-24-25-20(28-2)26(18)16-9-4-5-10-16;/h3,6,8,11,16H,4-5,7,9-10,12-14H2,1-2H3,(H3,21,22,23);1H. The van der Waals surface area contributed by atoms with Gasteiger partial charge in [0.2, 0.25) is 0 Å². The Morgan fingerprint density at radius 2 is 2.07 bits per heavy atom. The summed E-state index contributed by atoms with van der Waals surface area (Å²) < 4.78 is 7.58. The molecule has 1 aromatic heterocycles. The van der Waals surface area contributed by atoms with Gasteiger partial charge in [-0.1, -0.05) is 42.8 Å². The molecular formula is C20H31IN6OS. The van der Waals surface area contributed by atoms with Gasteiger partial charge in [0.15, 0.2) is 11.1 Å². The Kier molecular flexibility index (Phi) is 10.2. The van der Waals surface area contributed by atoms with Crippen molar-refractivity contribution in [2.75, 3.05) is 25.2 Å². The van der Waals surface area contributed by atoms with Crippen molar-refractivity contribution >= 4 is 47.4 Å². The minimum Gasteiger partial charge on any atom is -0.380 e. The number of thioether (sulfide) groups is 1. The third-order valence-electron chi connectivity index (χ3n) is 5.03. The molecule has 0 spiro atoms. The average molecular weight is 530 g/mol. The van der Waals surface area contributed by atoms with Gasteiger partial charge in [0, 0.05) is 37.4 Å². The van der Waals surface area contributed by atoms with Gasteiger partial charge in [0.25, 0.3) is 0 Å². The van der Waals surface area contributed by atoms with Crippen LogP contribution in [0.4, 0.5) is 5.69 Å². The van der Waals surface area contributed by atoms with Crippen molar-refractivity contribution < 1.29 is 4.74 Å². The van der Waals surface area contributed by atoms with Crippen molar-refractivity contribution in [1.82, 2.24) is 14.8 Å². The van der Waals surface area contributed by atoms with E-state index in [0.717, 1.165) is 35.1 Å². The third kappa shape index (κ3) is 6.58. The van der Waals surface area contributed by atoms with E-state index in [1.54, 1.807) is 18.9 Å². The molecule has 160 valence electrons. The normalized spacial score (nSPS) is 14.8. The number of rotatable bonds is 9. The molecule has 1 aromatic carbocycles. The number of methoxy groups -OCH3 is 1. The van der Waals surface area contributed by atoms with E-state index in [2.05, 4.69) is 31.3 Å². The van der Waals surface area contributed by atoms with Crippen LogP contribution in [0, 0.1) is 0 Å². The largest absolute Gasteiger partial charge is 0.380 e. The predicted octanol–water partition coefficient (Wildman–Crippen LogP) is 4.24. The number of nitrogens with two attached hydrogens (primary N) is 1. The first-order valence-corrected chi connectivity index (χ1v) is 11.1. The number of benzene rings is 1. The van der Waals surface area contributed by atoms with Crippen LogP contribution in [-0.2, 0) is 17.8 Å². The van der Waals surface area contributed by atoms with Gasteiger partial charge in [-0.3, -0.25) is 4.99 Å². The van der Waals surface area contributed by atoms with Crippen molar-refractivity contribution in [3.05, 3.63) is 35.7 Å². The highest BCUT2D eigenvalue weighted by Gasteiger charge is 2.23. The second kappa shape index (κ2) is 12.4. The molecule has 2 aromatic rings. The minimum absolute atomic E-state index is 0. The van der Waals surface area contributed by atoms with E-state index >= 15 is 0 Å². The summed E-state index contributed by atoms with van der Waals surface area (Å²) in [6.45, 7) is 1.18. The molecule has 1 heterocycles. The number of ether oxygens (including phenoxy) is 1. The lowest BCUT2D eigenvalue weighted by molar-refractivity contribution is 0.185. The first-order valence-electron chi connectivity index (χ1n) is 9.84. The van der Waals surface area contributed by atoms with Crippen LogP contribution in [-0.4, -0.2) is 40.6 Å². The molecule has 1 saturated carbocycles. The van der Waals surface area contributed by atoms with Crippen LogP contribution in [0.3, 0.4) is 0 Å². The number of hydrogen-bond donors (Lipinski definition) is 2. The molecule has 1 aliphatic rings. The first kappa shape index (κ1) is 23.9. The SMILES string of the molecule is COCc1ccccc1NC(N)=NCCCc1nnc(SC)n1C1CCCC1.I. The van der Waals surface area contributed by atoms with Gasteiger partial charge in [0.05, 0.1) is 6.61 Å². The fourth-order valence-electron chi connectivity index (χ4n) is 3.68. The van der Waals surface area contributed by atoms with Crippen molar-refractivity contribution in [2.24, 2.45) is 10.7 Å². The fraction of sp³-hybridized carbons (Fsp3) is 0.550. The molecule has 0 amide bonds. The molecule has 3 N–H and O–H groups in total. The molecular weight excluding hydrogens is 499 g/mol. The molecule has 1 aliphatic carbocycles. The Morgan fingerprint density at radius 1 is 1.31 bits per heavy atom. The van der Waals surface area contributed by atoms with Crippen LogP contribution in [0.25, 0.3) is 0 Å². The van der Waals surface area contributed by atoms with Crippen LogP contribution >= 0.6 is 35.7 Å². The zero-order chi connectivity index (χ0) is 19.8. The van der Waals surface area contributed by atoms with Gasteiger partial charge >= 0.3 is 0 Å². The number of nitrogens with zero attached hydrogens (tertiary/aromatic N) is 4. The summed E-state index contributed by atoms with van der Waals surface area (Å²) in [5.41, 5.74) is 8.05. The minimum atomic E-state index is 0. The Morgan fingerprint density at radius 3 is 2.79 bits per heavy atom. The molecule has 0 unspecified atom stereocenters. The van der Waals surface area contributed by atoms with Crippen LogP contribution in [0.5, 0.6) is 0 Å². The molecule has 0 saturated heterocycles. The average Bonchev–Trinajstić information content (AvgIpc) is 3.36. The highest BCUT2D eigenvalue weighted by molar-refractivity contribution is 14.0. The summed E-state index contributed by atoms with van der Waals surface area (Å²) in [4.78, 5) is 4.47. The van der Waals surface area contributed by atoms with Crippen molar-refractivity contribution in [3.8, 4) is 0 Å². The van der Waals surface area contributed by atoms with Crippen molar-refractivity contribution in [1.29, 1.82) is 0 Å². The van der Waals surface area contributed by atoms with E-state index in [4.69, 9.17) is 10.5 Å². The summed E-state index contributed by atoms with van der Waals surface area (Å²) in [5.74, 6) is 1.49. The Bertz CT molecular complexity index is 791. The van der Waals surface area contributed by atoms with E-state index in [1.165, 1.54) is 25.7 Å². The molecule has 7 nitrogen and oxygen atoms in total. The smallest absolute Gasteiger partial charge is 0.193 e. The second-order valence-electron chi connectivity index (χ2n) is 7.00. The highest BCUT2D eigenvalue weighted by Crippen LogP contribution is 2.33. The molecule has 0 atom stereocenters. The highest BCUT2D eigenvalue weighted by atomic mass is 127. The Balaban J connectivity index is 0.00000300. The lowest BCUT2D eigenvalue weighted by Gasteiger charge is -2.16. The molecule has 0 aliphatic heterocycles. The number of para-hydroxylation sites is 1. The lowest BCUT2D eigenvalue weighted by atomic mass is 10.2. The van der Waals surface area contributed by atoms with Crippen LogP contribution in [0.1, 0.15) is 49.5 Å². The first-order chi connectivity index (χ1) is 13.7. The van der Waals surface area contributed by atoms with E-state index in [-0.39, 0.29) is 24.0 Å². The van der Waals surface area contributed by atoms with Crippen molar-refractivity contribution in [3.63, 3.8) is 0 Å². The third-order valence-corrected chi connectivity index (χ3v) is 5.67. The Labute approximate surface area is 194 Å². The van der Waals surface area contributed by atoms with E-state index < -0.39 is 0 Å². The zero-order valence-corrected chi connectivity index (χ0v) is 20.3. The van der Waals surface area contributed by atoms with Gasteiger partial charge in [-0.2, -0.15) is 0 Å². The van der Waals surface area contributed by atoms with Gasteiger partial charge in [-0.15, -0.1) is 34.2 Å². The van der Waals surface area contributed by atoms with Gasteiger partial charge in [-0.25, -0.2) is 0 Å². The van der Waals surface area contributed by atoms with E-state index in [0.29, 0.717) is 25.2 Å². The number of aromatic nitrogens is 3. The maximum Gasteiger partial charge on any atom is 0.193 e. The monoisotopic (exact) mass is 530 g/mol. The molecule has 9 heteroatoms. The maximum absolute atomic E-state index is 6.07. The van der Waals surface area contributed by atoms with Crippen LogP contribution in [0.15, 0.2) is 34.4 Å². The van der Waals surface area contributed by atoms with Gasteiger partial charge in [0.1, 0.15) is 5.82 Å². The number of aryl methyl sites for hydroxylation is 1. The van der Waals surface area contributed by atoms with Gasteiger partial charge < -0.3 is 20.4 Å². The summed E-state index contributed by atoms with van der Waals surface area (Å²) in [6, 6.07) is 8.49. The van der Waals surface area contributed by atoms with E-state index in [9.17, 15) is 0 Å². The van der Waals surface area contributed by atoms with E-state index in [1.807, 2.05) is 24.3 Å². The second-order valence-corrected chi connectivity index (χ2v) is 7.77. The topological polar surface area (TPSA) is 90.3 Å².